The summed E-state index contributed by atoms with van der Waals surface area (Å²) >= 11 is 0. The molecule has 1 aliphatic rings. The molecule has 2 rings (SSSR count). The van der Waals surface area contributed by atoms with Crippen LogP contribution in [0.5, 0.6) is 0 Å². The highest BCUT2D eigenvalue weighted by Gasteiger charge is 2.29. The maximum absolute atomic E-state index is 12.9. The van der Waals surface area contributed by atoms with Gasteiger partial charge in [0.15, 0.2) is 0 Å². The number of anilines is 1. The van der Waals surface area contributed by atoms with Gasteiger partial charge in [0, 0.05) is 24.6 Å². The van der Waals surface area contributed by atoms with Gasteiger partial charge >= 0.3 is 0 Å². The van der Waals surface area contributed by atoms with Gasteiger partial charge in [0.1, 0.15) is 5.82 Å². The van der Waals surface area contributed by atoms with Crippen molar-refractivity contribution in [2.24, 2.45) is 5.92 Å². The summed E-state index contributed by atoms with van der Waals surface area (Å²) < 4.78 is 12.9. The highest BCUT2D eigenvalue weighted by atomic mass is 19.1. The van der Waals surface area contributed by atoms with Crippen molar-refractivity contribution >= 4 is 11.6 Å². The van der Waals surface area contributed by atoms with E-state index in [4.69, 9.17) is 6.42 Å². The van der Waals surface area contributed by atoms with Crippen LogP contribution in [0.25, 0.3) is 0 Å². The lowest BCUT2D eigenvalue weighted by atomic mass is 10.1. The predicted octanol–water partition coefficient (Wildman–Crippen LogP) is 1.81. The number of hydrogen-bond donors (Lipinski definition) is 0. The molecular weight excluding hydrogens is 193 g/mol. The standard InChI is InChI=1S/C12H10FNO/c1-2-9-6-12(15)14(8-9)11-5-3-4-10(13)7-11/h1,3-5,7,9H,6,8H2. The lowest BCUT2D eigenvalue weighted by Gasteiger charge is -2.15. The number of halogens is 1. The Morgan fingerprint density at radius 3 is 2.93 bits per heavy atom. The van der Waals surface area contributed by atoms with Crippen LogP contribution >= 0.6 is 0 Å². The molecule has 15 heavy (non-hydrogen) atoms. The Morgan fingerprint density at radius 1 is 1.53 bits per heavy atom. The Kier molecular flexibility index (Phi) is 2.42. The zero-order valence-electron chi connectivity index (χ0n) is 8.11. The molecule has 76 valence electrons. The van der Waals surface area contributed by atoms with Crippen molar-refractivity contribution in [2.45, 2.75) is 6.42 Å². The van der Waals surface area contributed by atoms with Crippen LogP contribution in [0.2, 0.25) is 0 Å². The predicted molar refractivity (Wildman–Crippen MR) is 55.7 cm³/mol. The largest absolute Gasteiger partial charge is 0.311 e. The van der Waals surface area contributed by atoms with Crippen molar-refractivity contribution in [2.75, 3.05) is 11.4 Å². The summed E-state index contributed by atoms with van der Waals surface area (Å²) in [6, 6.07) is 5.99. The lowest BCUT2D eigenvalue weighted by molar-refractivity contribution is -0.117. The van der Waals surface area contributed by atoms with E-state index < -0.39 is 0 Å². The Hall–Kier alpha value is -1.82. The zero-order chi connectivity index (χ0) is 10.8. The van der Waals surface area contributed by atoms with E-state index in [2.05, 4.69) is 5.92 Å². The molecule has 0 saturated carbocycles. The molecule has 1 aromatic carbocycles. The summed E-state index contributed by atoms with van der Waals surface area (Å²) in [5.41, 5.74) is 0.581. The van der Waals surface area contributed by atoms with Crippen molar-refractivity contribution in [3.05, 3.63) is 30.1 Å². The van der Waals surface area contributed by atoms with Gasteiger partial charge < -0.3 is 4.90 Å². The van der Waals surface area contributed by atoms with Gasteiger partial charge in [-0.25, -0.2) is 4.39 Å². The lowest BCUT2D eigenvalue weighted by Crippen LogP contribution is -2.24. The average molecular weight is 203 g/mol. The number of amides is 1. The first-order valence-corrected chi connectivity index (χ1v) is 4.73. The summed E-state index contributed by atoms with van der Waals surface area (Å²) in [7, 11) is 0. The van der Waals surface area contributed by atoms with Crippen molar-refractivity contribution in [1.29, 1.82) is 0 Å². The Labute approximate surface area is 87.7 Å². The average Bonchev–Trinajstić information content (AvgIpc) is 2.60. The number of carbonyl (C=O) groups is 1. The van der Waals surface area contributed by atoms with Crippen LogP contribution in [-0.2, 0) is 4.79 Å². The van der Waals surface area contributed by atoms with E-state index in [1.165, 1.54) is 17.0 Å². The van der Waals surface area contributed by atoms with Crippen LogP contribution in [0.4, 0.5) is 10.1 Å². The molecule has 1 heterocycles. The van der Waals surface area contributed by atoms with Crippen LogP contribution < -0.4 is 4.90 Å². The van der Waals surface area contributed by atoms with Crippen molar-refractivity contribution in [3.8, 4) is 12.3 Å². The minimum Gasteiger partial charge on any atom is -0.311 e. The number of nitrogens with zero attached hydrogens (tertiary/aromatic N) is 1. The minimum absolute atomic E-state index is 0.0384. The normalized spacial score (nSPS) is 20.4. The number of carbonyl (C=O) groups excluding carboxylic acids is 1. The summed E-state index contributed by atoms with van der Waals surface area (Å²) in [6.45, 7) is 0.485. The molecule has 0 aromatic heterocycles. The van der Waals surface area contributed by atoms with Crippen molar-refractivity contribution < 1.29 is 9.18 Å². The van der Waals surface area contributed by atoms with Crippen molar-refractivity contribution in [3.63, 3.8) is 0 Å². The topological polar surface area (TPSA) is 20.3 Å². The molecule has 1 saturated heterocycles. The molecule has 1 atom stereocenters. The molecule has 3 heteroatoms. The van der Waals surface area contributed by atoms with E-state index in [0.717, 1.165) is 0 Å². The summed E-state index contributed by atoms with van der Waals surface area (Å²) in [4.78, 5) is 13.1. The van der Waals surface area contributed by atoms with Gasteiger partial charge in [0.2, 0.25) is 5.91 Å². The third-order valence-electron chi connectivity index (χ3n) is 2.48. The molecule has 2 nitrogen and oxygen atoms in total. The summed E-state index contributed by atoms with van der Waals surface area (Å²) in [6.07, 6.45) is 5.62. The fourth-order valence-corrected chi connectivity index (χ4v) is 1.71. The molecule has 1 aromatic rings. The number of rotatable bonds is 1. The van der Waals surface area contributed by atoms with Crippen LogP contribution in [0, 0.1) is 24.1 Å². The van der Waals surface area contributed by atoms with Gasteiger partial charge in [0.25, 0.3) is 0 Å². The fraction of sp³-hybridized carbons (Fsp3) is 0.250. The Balaban J connectivity index is 2.26. The summed E-state index contributed by atoms with van der Waals surface area (Å²) in [5, 5.41) is 0. The van der Waals surface area contributed by atoms with E-state index >= 15 is 0 Å². The van der Waals surface area contributed by atoms with Gasteiger partial charge in [-0.15, -0.1) is 12.3 Å². The molecule has 0 spiro atoms. The van der Waals surface area contributed by atoms with Gasteiger partial charge in [0.05, 0.1) is 0 Å². The zero-order valence-corrected chi connectivity index (χ0v) is 8.11. The molecule has 1 fully saturated rings. The first-order chi connectivity index (χ1) is 7.20. The first-order valence-electron chi connectivity index (χ1n) is 4.73. The van der Waals surface area contributed by atoms with Gasteiger partial charge in [-0.3, -0.25) is 4.79 Å². The third kappa shape index (κ3) is 1.84. The molecule has 1 aliphatic heterocycles. The second-order valence-electron chi connectivity index (χ2n) is 3.55. The maximum Gasteiger partial charge on any atom is 0.228 e. The molecular formula is C12H10FNO. The highest BCUT2D eigenvalue weighted by Crippen LogP contribution is 2.24. The van der Waals surface area contributed by atoms with Crippen LogP contribution in [0.15, 0.2) is 24.3 Å². The van der Waals surface area contributed by atoms with Crippen LogP contribution in [-0.4, -0.2) is 12.5 Å². The van der Waals surface area contributed by atoms with Gasteiger partial charge in [-0.1, -0.05) is 6.07 Å². The van der Waals surface area contributed by atoms with E-state index in [-0.39, 0.29) is 17.6 Å². The van der Waals surface area contributed by atoms with Crippen LogP contribution in [0.1, 0.15) is 6.42 Å². The van der Waals surface area contributed by atoms with Crippen molar-refractivity contribution in [1.82, 2.24) is 0 Å². The highest BCUT2D eigenvalue weighted by molar-refractivity contribution is 5.96. The second-order valence-corrected chi connectivity index (χ2v) is 3.55. The molecule has 0 radical (unpaired) electrons. The van der Waals surface area contributed by atoms with Gasteiger partial charge in [-0.05, 0) is 18.2 Å². The number of benzene rings is 1. The number of terminal acetylenes is 1. The SMILES string of the molecule is C#CC1CC(=O)N(c2cccc(F)c2)C1. The van der Waals surface area contributed by atoms with Gasteiger partial charge in [-0.2, -0.15) is 0 Å². The third-order valence-corrected chi connectivity index (χ3v) is 2.48. The molecule has 1 unspecified atom stereocenters. The second kappa shape index (κ2) is 3.74. The Bertz CT molecular complexity index is 435. The quantitative estimate of drug-likeness (QED) is 0.637. The summed E-state index contributed by atoms with van der Waals surface area (Å²) in [5.74, 6) is 2.12. The minimum atomic E-state index is -0.343. The van der Waals surface area contributed by atoms with E-state index in [1.54, 1.807) is 12.1 Å². The van der Waals surface area contributed by atoms with E-state index in [9.17, 15) is 9.18 Å². The van der Waals surface area contributed by atoms with E-state index in [1.807, 2.05) is 0 Å². The smallest absolute Gasteiger partial charge is 0.228 e. The molecule has 1 amide bonds. The monoisotopic (exact) mass is 203 g/mol. The molecule has 0 N–H and O–H groups in total. The molecule has 0 aliphatic carbocycles. The first kappa shape index (κ1) is 9.72. The number of hydrogen-bond acceptors (Lipinski definition) is 1. The molecule has 0 bridgehead atoms. The van der Waals surface area contributed by atoms with E-state index in [0.29, 0.717) is 18.7 Å². The maximum atomic E-state index is 12.9. The van der Waals surface area contributed by atoms with Crippen LogP contribution in [0.3, 0.4) is 0 Å². The fourth-order valence-electron chi connectivity index (χ4n) is 1.71. The Morgan fingerprint density at radius 2 is 2.33 bits per heavy atom.